The molecule has 1 aliphatic rings. The number of hydrogen-bond acceptors (Lipinski definition) is 3. The highest BCUT2D eigenvalue weighted by atomic mass is 19.1. The number of amides is 1. The van der Waals surface area contributed by atoms with Crippen LogP contribution >= 0.6 is 0 Å². The third-order valence-electron chi connectivity index (χ3n) is 3.79. The van der Waals surface area contributed by atoms with Crippen molar-refractivity contribution in [1.29, 1.82) is 0 Å². The molecule has 0 aromatic heterocycles. The first kappa shape index (κ1) is 14.4. The maximum absolute atomic E-state index is 13.9. The molecule has 2 aromatic carbocycles. The van der Waals surface area contributed by atoms with E-state index in [1.54, 1.807) is 43.2 Å². The molecule has 1 unspecified atom stereocenters. The van der Waals surface area contributed by atoms with Gasteiger partial charge in [-0.15, -0.1) is 0 Å². The lowest BCUT2D eigenvalue weighted by Gasteiger charge is -2.34. The van der Waals surface area contributed by atoms with Crippen LogP contribution in [0.1, 0.15) is 12.5 Å². The van der Waals surface area contributed by atoms with Crippen LogP contribution in [0.25, 0.3) is 0 Å². The fourth-order valence-electron chi connectivity index (χ4n) is 2.60. The van der Waals surface area contributed by atoms with Gasteiger partial charge in [0.15, 0.2) is 0 Å². The van der Waals surface area contributed by atoms with Gasteiger partial charge in [-0.25, -0.2) is 4.39 Å². The minimum Gasteiger partial charge on any atom is -0.497 e. The molecule has 0 fully saturated rings. The Balaban J connectivity index is 2.00. The number of halogens is 1. The van der Waals surface area contributed by atoms with Crippen LogP contribution in [0.2, 0.25) is 0 Å². The first-order valence-corrected chi connectivity index (χ1v) is 7.09. The summed E-state index contributed by atoms with van der Waals surface area (Å²) in [6.45, 7) is 2.00. The Kier molecular flexibility index (Phi) is 3.71. The van der Waals surface area contributed by atoms with E-state index in [0.717, 1.165) is 11.4 Å². The van der Waals surface area contributed by atoms with Crippen molar-refractivity contribution in [1.82, 2.24) is 0 Å². The normalized spacial score (nSPS) is 17.0. The number of ether oxygens (including phenoxy) is 1. The smallest absolute Gasteiger partial charge is 0.249 e. The number of methoxy groups -OCH3 is 1. The molecule has 0 bridgehead atoms. The molecule has 0 radical (unpaired) electrons. The molecule has 0 spiro atoms. The minimum atomic E-state index is -0.369. The highest BCUT2D eigenvalue weighted by Gasteiger charge is 2.30. The number of nitrogens with one attached hydrogen (secondary N) is 1. The van der Waals surface area contributed by atoms with Gasteiger partial charge < -0.3 is 15.0 Å². The number of carbonyl (C=O) groups excluding carboxylic acids is 1. The Morgan fingerprint density at radius 2 is 2.05 bits per heavy atom. The zero-order valence-electron chi connectivity index (χ0n) is 12.5. The summed E-state index contributed by atoms with van der Waals surface area (Å²) in [5.41, 5.74) is 2.03. The molecular formula is C17H17FN2O2. The van der Waals surface area contributed by atoms with E-state index in [2.05, 4.69) is 5.32 Å². The van der Waals surface area contributed by atoms with Gasteiger partial charge in [0.25, 0.3) is 0 Å². The first-order chi connectivity index (χ1) is 10.6. The van der Waals surface area contributed by atoms with Gasteiger partial charge in [-0.2, -0.15) is 0 Å². The molecule has 2 aromatic rings. The number of fused-ring (bicyclic) bond motifs is 1. The number of rotatable bonds is 3. The predicted molar refractivity (Wildman–Crippen MR) is 83.7 cm³/mol. The lowest BCUT2D eigenvalue weighted by Crippen LogP contribution is -2.45. The van der Waals surface area contributed by atoms with E-state index in [-0.39, 0.29) is 24.3 Å². The number of carbonyl (C=O) groups is 1. The van der Waals surface area contributed by atoms with E-state index in [9.17, 15) is 9.18 Å². The fraction of sp³-hybridized carbons (Fsp3) is 0.235. The average molecular weight is 300 g/mol. The van der Waals surface area contributed by atoms with E-state index in [4.69, 9.17) is 4.74 Å². The van der Waals surface area contributed by atoms with Crippen molar-refractivity contribution in [3.05, 3.63) is 53.8 Å². The first-order valence-electron chi connectivity index (χ1n) is 7.09. The van der Waals surface area contributed by atoms with Gasteiger partial charge in [-0.05, 0) is 25.1 Å². The topological polar surface area (TPSA) is 41.6 Å². The van der Waals surface area contributed by atoms with Crippen LogP contribution in [0.5, 0.6) is 5.75 Å². The molecule has 5 heteroatoms. The second-order valence-electron chi connectivity index (χ2n) is 5.26. The summed E-state index contributed by atoms with van der Waals surface area (Å²) in [5.74, 6) is 0.316. The summed E-state index contributed by atoms with van der Waals surface area (Å²) >= 11 is 0. The van der Waals surface area contributed by atoms with E-state index in [0.29, 0.717) is 11.3 Å². The molecule has 3 rings (SSSR count). The number of benzene rings is 2. The Bertz CT molecular complexity index is 718. The van der Waals surface area contributed by atoms with Gasteiger partial charge >= 0.3 is 0 Å². The van der Waals surface area contributed by atoms with Crippen molar-refractivity contribution in [3.8, 4) is 5.75 Å². The summed E-state index contributed by atoms with van der Waals surface area (Å²) in [7, 11) is 1.59. The molecule has 1 aliphatic heterocycles. The van der Waals surface area contributed by atoms with Gasteiger partial charge in [0, 0.05) is 11.6 Å². The van der Waals surface area contributed by atoms with E-state index in [1.165, 1.54) is 6.07 Å². The summed E-state index contributed by atoms with van der Waals surface area (Å²) in [6.07, 6.45) is 0. The summed E-state index contributed by atoms with van der Waals surface area (Å²) < 4.78 is 19.1. The van der Waals surface area contributed by atoms with Crippen molar-refractivity contribution in [2.75, 3.05) is 17.3 Å². The largest absolute Gasteiger partial charge is 0.497 e. The maximum Gasteiger partial charge on any atom is 0.249 e. The SMILES string of the molecule is COc1ccc2c(c1)NC(C)C(=O)N2Cc1ccccc1F. The molecule has 1 atom stereocenters. The Labute approximate surface area is 128 Å². The number of hydrogen-bond donors (Lipinski definition) is 1. The van der Waals surface area contributed by atoms with Crippen LogP contribution in [0.15, 0.2) is 42.5 Å². The van der Waals surface area contributed by atoms with Crippen molar-refractivity contribution in [2.24, 2.45) is 0 Å². The highest BCUT2D eigenvalue weighted by Crippen LogP contribution is 2.35. The third-order valence-corrected chi connectivity index (χ3v) is 3.79. The highest BCUT2D eigenvalue weighted by molar-refractivity contribution is 6.04. The van der Waals surface area contributed by atoms with Crippen LogP contribution in [0.4, 0.5) is 15.8 Å². The van der Waals surface area contributed by atoms with Crippen LogP contribution in [-0.2, 0) is 11.3 Å². The molecular weight excluding hydrogens is 283 g/mol. The lowest BCUT2D eigenvalue weighted by molar-refractivity contribution is -0.119. The van der Waals surface area contributed by atoms with Crippen molar-refractivity contribution in [3.63, 3.8) is 0 Å². The van der Waals surface area contributed by atoms with E-state index < -0.39 is 0 Å². The minimum absolute atomic E-state index is 0.0825. The van der Waals surface area contributed by atoms with Crippen LogP contribution < -0.4 is 15.0 Å². The average Bonchev–Trinajstić information content (AvgIpc) is 2.53. The van der Waals surface area contributed by atoms with Gasteiger partial charge in [0.1, 0.15) is 17.6 Å². The lowest BCUT2D eigenvalue weighted by atomic mass is 10.1. The van der Waals surface area contributed by atoms with E-state index in [1.807, 2.05) is 12.1 Å². The van der Waals surface area contributed by atoms with Crippen LogP contribution in [0, 0.1) is 5.82 Å². The molecule has 0 saturated heterocycles. The number of anilines is 2. The second kappa shape index (κ2) is 5.67. The summed E-state index contributed by atoms with van der Waals surface area (Å²) in [6, 6.07) is 11.6. The zero-order chi connectivity index (χ0) is 15.7. The predicted octanol–water partition coefficient (Wildman–Crippen LogP) is 3.18. The van der Waals surface area contributed by atoms with Gasteiger partial charge in [-0.3, -0.25) is 4.79 Å². The fourth-order valence-corrected chi connectivity index (χ4v) is 2.60. The molecule has 1 heterocycles. The van der Waals surface area contributed by atoms with Crippen molar-refractivity contribution >= 4 is 17.3 Å². The quantitative estimate of drug-likeness (QED) is 0.946. The van der Waals surface area contributed by atoms with Gasteiger partial charge in [0.05, 0.1) is 25.0 Å². The summed E-state index contributed by atoms with van der Waals surface area (Å²) in [5, 5.41) is 3.15. The molecule has 114 valence electrons. The Morgan fingerprint density at radius 1 is 1.27 bits per heavy atom. The van der Waals surface area contributed by atoms with Crippen molar-refractivity contribution < 1.29 is 13.9 Å². The summed E-state index contributed by atoms with van der Waals surface area (Å²) in [4.78, 5) is 14.1. The number of nitrogens with zero attached hydrogens (tertiary/aromatic N) is 1. The second-order valence-corrected chi connectivity index (χ2v) is 5.26. The molecule has 0 saturated carbocycles. The van der Waals surface area contributed by atoms with Gasteiger partial charge in [0.2, 0.25) is 5.91 Å². The van der Waals surface area contributed by atoms with Crippen LogP contribution in [-0.4, -0.2) is 19.1 Å². The molecule has 22 heavy (non-hydrogen) atoms. The van der Waals surface area contributed by atoms with E-state index >= 15 is 0 Å². The zero-order valence-corrected chi connectivity index (χ0v) is 12.5. The standard InChI is InChI=1S/C17H17FN2O2/c1-11-17(21)20(10-12-5-3-4-6-14(12)18)16-8-7-13(22-2)9-15(16)19-11/h3-9,11,19H,10H2,1-2H3. The molecule has 0 aliphatic carbocycles. The molecule has 4 nitrogen and oxygen atoms in total. The monoisotopic (exact) mass is 300 g/mol. The van der Waals surface area contributed by atoms with Crippen LogP contribution in [0.3, 0.4) is 0 Å². The Morgan fingerprint density at radius 3 is 2.77 bits per heavy atom. The Hall–Kier alpha value is -2.56. The van der Waals surface area contributed by atoms with Gasteiger partial charge in [-0.1, -0.05) is 18.2 Å². The van der Waals surface area contributed by atoms with Crippen molar-refractivity contribution in [2.45, 2.75) is 19.5 Å². The molecule has 1 amide bonds. The maximum atomic E-state index is 13.9. The molecule has 1 N–H and O–H groups in total. The third kappa shape index (κ3) is 2.50.